The van der Waals surface area contributed by atoms with Crippen molar-refractivity contribution in [1.82, 2.24) is 14.7 Å². The van der Waals surface area contributed by atoms with E-state index < -0.39 is 0 Å². The van der Waals surface area contributed by atoms with Crippen LogP contribution in [-0.4, -0.2) is 47.4 Å². The Kier molecular flexibility index (Phi) is 4.82. The van der Waals surface area contributed by atoms with Crippen LogP contribution in [0.15, 0.2) is 11.0 Å². The zero-order valence-corrected chi connectivity index (χ0v) is 12.4. The number of hydrogen-bond acceptors (Lipinski definition) is 4. The standard InChI is InChI=1S/C13H21ClN4O/c1-3-5-17-6-4-7-18(9-8-17)11-10-15-16(2)13(19)12(11)14/h10H,3-9H2,1-2H3. The molecule has 1 aromatic heterocycles. The van der Waals surface area contributed by atoms with Gasteiger partial charge in [0.25, 0.3) is 5.56 Å². The molecule has 0 N–H and O–H groups in total. The van der Waals surface area contributed by atoms with Gasteiger partial charge < -0.3 is 9.80 Å². The van der Waals surface area contributed by atoms with E-state index in [1.807, 2.05) is 0 Å². The van der Waals surface area contributed by atoms with Gasteiger partial charge in [0.2, 0.25) is 0 Å². The quantitative estimate of drug-likeness (QED) is 0.840. The van der Waals surface area contributed by atoms with Crippen LogP contribution in [-0.2, 0) is 7.05 Å². The minimum absolute atomic E-state index is 0.228. The van der Waals surface area contributed by atoms with Crippen LogP contribution in [0.3, 0.4) is 0 Å². The van der Waals surface area contributed by atoms with Crippen molar-refractivity contribution in [3.63, 3.8) is 0 Å². The lowest BCUT2D eigenvalue weighted by atomic mass is 10.3. The lowest BCUT2D eigenvalue weighted by Gasteiger charge is -2.23. The van der Waals surface area contributed by atoms with Crippen LogP contribution in [0.1, 0.15) is 19.8 Å². The zero-order chi connectivity index (χ0) is 13.8. The molecule has 0 aromatic carbocycles. The third-order valence-corrected chi connectivity index (χ3v) is 3.88. The lowest BCUT2D eigenvalue weighted by molar-refractivity contribution is 0.294. The Labute approximate surface area is 118 Å². The second-order valence-corrected chi connectivity index (χ2v) is 5.33. The largest absolute Gasteiger partial charge is 0.368 e. The third kappa shape index (κ3) is 3.28. The van der Waals surface area contributed by atoms with Crippen molar-refractivity contribution in [3.8, 4) is 0 Å². The molecule has 0 amide bonds. The average molecular weight is 285 g/mol. The van der Waals surface area contributed by atoms with Crippen LogP contribution in [0.5, 0.6) is 0 Å². The van der Waals surface area contributed by atoms with Gasteiger partial charge >= 0.3 is 0 Å². The highest BCUT2D eigenvalue weighted by atomic mass is 35.5. The van der Waals surface area contributed by atoms with Crippen molar-refractivity contribution in [3.05, 3.63) is 21.6 Å². The Hall–Kier alpha value is -1.07. The van der Waals surface area contributed by atoms with E-state index in [0.29, 0.717) is 0 Å². The van der Waals surface area contributed by atoms with E-state index in [0.717, 1.165) is 44.8 Å². The number of rotatable bonds is 3. The van der Waals surface area contributed by atoms with Gasteiger partial charge in [-0.05, 0) is 25.9 Å². The maximum absolute atomic E-state index is 11.8. The van der Waals surface area contributed by atoms with E-state index in [1.165, 1.54) is 11.1 Å². The molecule has 1 fully saturated rings. The summed E-state index contributed by atoms with van der Waals surface area (Å²) in [5.41, 5.74) is 0.539. The van der Waals surface area contributed by atoms with Gasteiger partial charge in [0.1, 0.15) is 5.02 Å². The molecule has 0 spiro atoms. The minimum atomic E-state index is -0.228. The van der Waals surface area contributed by atoms with E-state index in [-0.39, 0.29) is 10.6 Å². The first-order valence-corrected chi connectivity index (χ1v) is 7.20. The van der Waals surface area contributed by atoms with Gasteiger partial charge in [-0.15, -0.1) is 0 Å². The SMILES string of the molecule is CCCN1CCCN(c2cnn(C)c(=O)c2Cl)CC1. The molecule has 2 heterocycles. The van der Waals surface area contributed by atoms with Crippen molar-refractivity contribution in [1.29, 1.82) is 0 Å². The van der Waals surface area contributed by atoms with Crippen LogP contribution in [0.2, 0.25) is 5.02 Å². The highest BCUT2D eigenvalue weighted by Gasteiger charge is 2.18. The molecule has 5 nitrogen and oxygen atoms in total. The number of aromatic nitrogens is 2. The summed E-state index contributed by atoms with van der Waals surface area (Å²) < 4.78 is 1.27. The van der Waals surface area contributed by atoms with Gasteiger partial charge in [0.15, 0.2) is 0 Å². The fraction of sp³-hybridized carbons (Fsp3) is 0.692. The Morgan fingerprint density at radius 1 is 1.32 bits per heavy atom. The summed E-state index contributed by atoms with van der Waals surface area (Å²) in [4.78, 5) is 16.4. The second kappa shape index (κ2) is 6.39. The van der Waals surface area contributed by atoms with Crippen molar-refractivity contribution < 1.29 is 0 Å². The topological polar surface area (TPSA) is 41.4 Å². The maximum atomic E-state index is 11.8. The number of anilines is 1. The third-order valence-electron chi connectivity index (χ3n) is 3.53. The molecule has 0 atom stereocenters. The van der Waals surface area contributed by atoms with Crippen molar-refractivity contribution in [2.75, 3.05) is 37.6 Å². The molecule has 1 aliphatic rings. The highest BCUT2D eigenvalue weighted by Crippen LogP contribution is 2.22. The average Bonchev–Trinajstić information content (AvgIpc) is 2.63. The Bertz CT molecular complexity index is 488. The maximum Gasteiger partial charge on any atom is 0.287 e. The monoisotopic (exact) mass is 284 g/mol. The predicted molar refractivity (Wildman–Crippen MR) is 78.0 cm³/mol. The Balaban J connectivity index is 2.14. The molecule has 0 aliphatic carbocycles. The zero-order valence-electron chi connectivity index (χ0n) is 11.6. The van der Waals surface area contributed by atoms with Gasteiger partial charge in [-0.3, -0.25) is 4.79 Å². The summed E-state index contributed by atoms with van der Waals surface area (Å²) in [6.07, 6.45) is 3.96. The van der Waals surface area contributed by atoms with Gasteiger partial charge in [-0.2, -0.15) is 5.10 Å². The number of hydrogen-bond donors (Lipinski definition) is 0. The van der Waals surface area contributed by atoms with Crippen LogP contribution in [0.4, 0.5) is 5.69 Å². The van der Waals surface area contributed by atoms with Crippen molar-refractivity contribution in [2.24, 2.45) is 7.05 Å². The van der Waals surface area contributed by atoms with Crippen LogP contribution in [0.25, 0.3) is 0 Å². The second-order valence-electron chi connectivity index (χ2n) is 4.95. The summed E-state index contributed by atoms with van der Waals surface area (Å²) in [5, 5.41) is 4.34. The fourth-order valence-electron chi connectivity index (χ4n) is 2.47. The molecule has 0 unspecified atom stereocenters. The van der Waals surface area contributed by atoms with E-state index >= 15 is 0 Å². The Morgan fingerprint density at radius 2 is 2.11 bits per heavy atom. The Morgan fingerprint density at radius 3 is 2.84 bits per heavy atom. The molecular weight excluding hydrogens is 264 g/mol. The van der Waals surface area contributed by atoms with E-state index in [9.17, 15) is 4.79 Å². The van der Waals surface area contributed by atoms with Crippen LogP contribution in [0, 0.1) is 0 Å². The summed E-state index contributed by atoms with van der Waals surface area (Å²) in [7, 11) is 1.61. The molecule has 0 saturated carbocycles. The van der Waals surface area contributed by atoms with Gasteiger partial charge in [-0.25, -0.2) is 4.68 Å². The molecule has 0 bridgehead atoms. The van der Waals surface area contributed by atoms with Crippen molar-refractivity contribution in [2.45, 2.75) is 19.8 Å². The van der Waals surface area contributed by atoms with Crippen LogP contribution < -0.4 is 10.5 Å². The van der Waals surface area contributed by atoms with Crippen molar-refractivity contribution >= 4 is 17.3 Å². The molecule has 1 aliphatic heterocycles. The number of halogens is 1. The normalized spacial score (nSPS) is 17.5. The fourth-order valence-corrected chi connectivity index (χ4v) is 2.76. The first kappa shape index (κ1) is 14.3. The predicted octanol–water partition coefficient (Wildman–Crippen LogP) is 1.36. The van der Waals surface area contributed by atoms with E-state index in [1.54, 1.807) is 13.2 Å². The summed E-state index contributed by atoms with van der Waals surface area (Å²) in [5.74, 6) is 0. The number of aryl methyl sites for hydroxylation is 1. The minimum Gasteiger partial charge on any atom is -0.368 e. The molecule has 106 valence electrons. The molecule has 2 rings (SSSR count). The van der Waals surface area contributed by atoms with Gasteiger partial charge in [0, 0.05) is 26.7 Å². The first-order chi connectivity index (χ1) is 9.13. The number of nitrogens with zero attached hydrogens (tertiary/aromatic N) is 4. The summed E-state index contributed by atoms with van der Waals surface area (Å²) in [6, 6.07) is 0. The molecule has 19 heavy (non-hydrogen) atoms. The molecule has 1 saturated heterocycles. The highest BCUT2D eigenvalue weighted by molar-refractivity contribution is 6.33. The molecule has 6 heteroatoms. The van der Waals surface area contributed by atoms with E-state index in [4.69, 9.17) is 11.6 Å². The molecule has 0 radical (unpaired) electrons. The van der Waals surface area contributed by atoms with Crippen LogP contribution >= 0.6 is 11.6 Å². The van der Waals surface area contributed by atoms with E-state index in [2.05, 4.69) is 21.8 Å². The summed E-state index contributed by atoms with van der Waals surface area (Å²) >= 11 is 6.15. The molecular formula is C13H21ClN4O. The lowest BCUT2D eigenvalue weighted by Crippen LogP contribution is -2.33. The van der Waals surface area contributed by atoms with Gasteiger partial charge in [0.05, 0.1) is 11.9 Å². The first-order valence-electron chi connectivity index (χ1n) is 6.82. The molecule has 1 aromatic rings. The summed E-state index contributed by atoms with van der Waals surface area (Å²) in [6.45, 7) is 7.28. The van der Waals surface area contributed by atoms with Gasteiger partial charge in [-0.1, -0.05) is 18.5 Å². The smallest absolute Gasteiger partial charge is 0.287 e.